The van der Waals surface area contributed by atoms with Crippen LogP contribution in [0.2, 0.25) is 10.0 Å². The fourth-order valence-corrected chi connectivity index (χ4v) is 4.40. The minimum atomic E-state index is -3.60. The van der Waals surface area contributed by atoms with Gasteiger partial charge in [0.15, 0.2) is 0 Å². The number of halogens is 2. The number of sulfonamides is 1. The molecule has 4 nitrogen and oxygen atoms in total. The van der Waals surface area contributed by atoms with Crippen molar-refractivity contribution in [3.63, 3.8) is 0 Å². The number of hydrogen-bond donors (Lipinski definition) is 1. The fraction of sp³-hybridized carbons (Fsp3) is 0.294. The van der Waals surface area contributed by atoms with E-state index in [1.807, 2.05) is 31.2 Å². The van der Waals surface area contributed by atoms with Crippen molar-refractivity contribution in [2.75, 3.05) is 6.61 Å². The van der Waals surface area contributed by atoms with E-state index in [9.17, 15) is 8.42 Å². The Hall–Kier alpha value is -1.27. The third-order valence-corrected chi connectivity index (χ3v) is 5.53. The van der Waals surface area contributed by atoms with Gasteiger partial charge in [-0.15, -0.1) is 0 Å². The highest BCUT2D eigenvalue weighted by atomic mass is 35.5. The second-order valence-corrected chi connectivity index (χ2v) is 7.87. The Morgan fingerprint density at radius 1 is 1.08 bits per heavy atom. The van der Waals surface area contributed by atoms with Gasteiger partial charge < -0.3 is 4.74 Å². The molecule has 1 N–H and O–H groups in total. The summed E-state index contributed by atoms with van der Waals surface area (Å²) in [5.74, 6) is 0.478. The standard InChI is InChI=1S/C17H19Cl2NO3S/c1-3-23-14-9-7-13(8-10-14)12(2)20-24(21,22)11-15-16(18)5-4-6-17(15)19/h4-10,12,20H,3,11H2,1-2H3. The predicted octanol–water partition coefficient (Wildman–Crippen LogP) is 4.57. The number of hydrogen-bond acceptors (Lipinski definition) is 3. The second kappa shape index (κ2) is 8.21. The first kappa shape index (κ1) is 19.1. The lowest BCUT2D eigenvalue weighted by molar-refractivity contribution is 0.340. The van der Waals surface area contributed by atoms with Gasteiger partial charge in [0.1, 0.15) is 5.75 Å². The van der Waals surface area contributed by atoms with E-state index >= 15 is 0 Å². The van der Waals surface area contributed by atoms with Crippen molar-refractivity contribution >= 4 is 33.2 Å². The molecule has 0 radical (unpaired) electrons. The summed E-state index contributed by atoms with van der Waals surface area (Å²) in [6.45, 7) is 4.27. The molecule has 0 aliphatic carbocycles. The summed E-state index contributed by atoms with van der Waals surface area (Å²) in [6.07, 6.45) is 0. The Kier molecular flexibility index (Phi) is 6.52. The SMILES string of the molecule is CCOc1ccc(C(C)NS(=O)(=O)Cc2c(Cl)cccc2Cl)cc1. The molecule has 1 unspecified atom stereocenters. The van der Waals surface area contributed by atoms with Crippen LogP contribution in [0, 0.1) is 0 Å². The van der Waals surface area contributed by atoms with Crippen LogP contribution in [0.3, 0.4) is 0 Å². The van der Waals surface area contributed by atoms with Gasteiger partial charge >= 0.3 is 0 Å². The maximum atomic E-state index is 12.4. The zero-order valence-electron chi connectivity index (χ0n) is 13.4. The molecule has 2 aromatic rings. The minimum Gasteiger partial charge on any atom is -0.494 e. The van der Waals surface area contributed by atoms with Crippen molar-refractivity contribution in [2.24, 2.45) is 0 Å². The number of ether oxygens (including phenoxy) is 1. The maximum Gasteiger partial charge on any atom is 0.216 e. The summed E-state index contributed by atoms with van der Waals surface area (Å²) in [5.41, 5.74) is 1.24. The molecule has 0 spiro atoms. The Bertz CT molecular complexity index is 772. The van der Waals surface area contributed by atoms with E-state index in [2.05, 4.69) is 4.72 Å². The fourth-order valence-electron chi connectivity index (χ4n) is 2.26. The number of nitrogens with one attached hydrogen (secondary N) is 1. The van der Waals surface area contributed by atoms with E-state index in [1.165, 1.54) is 0 Å². The molecule has 0 aliphatic rings. The first-order valence-electron chi connectivity index (χ1n) is 7.48. The minimum absolute atomic E-state index is 0.271. The molecule has 2 aromatic carbocycles. The molecular weight excluding hydrogens is 369 g/mol. The summed E-state index contributed by atoms with van der Waals surface area (Å²) in [7, 11) is -3.60. The highest BCUT2D eigenvalue weighted by Crippen LogP contribution is 2.27. The monoisotopic (exact) mass is 387 g/mol. The molecule has 1 atom stereocenters. The van der Waals surface area contributed by atoms with Gasteiger partial charge in [0.2, 0.25) is 10.0 Å². The van der Waals surface area contributed by atoms with E-state index < -0.39 is 10.0 Å². The lowest BCUT2D eigenvalue weighted by Gasteiger charge is -2.16. The lowest BCUT2D eigenvalue weighted by atomic mass is 10.1. The van der Waals surface area contributed by atoms with Gasteiger partial charge in [-0.1, -0.05) is 41.4 Å². The van der Waals surface area contributed by atoms with Crippen LogP contribution in [0.25, 0.3) is 0 Å². The molecule has 0 heterocycles. The molecular formula is C17H19Cl2NO3S. The largest absolute Gasteiger partial charge is 0.494 e. The van der Waals surface area contributed by atoms with Crippen molar-refractivity contribution in [3.05, 3.63) is 63.6 Å². The zero-order chi connectivity index (χ0) is 17.7. The molecule has 0 amide bonds. The molecule has 0 aliphatic heterocycles. The third kappa shape index (κ3) is 5.11. The van der Waals surface area contributed by atoms with E-state index in [-0.39, 0.29) is 11.8 Å². The van der Waals surface area contributed by atoms with E-state index in [1.54, 1.807) is 25.1 Å². The van der Waals surface area contributed by atoms with Crippen molar-refractivity contribution in [3.8, 4) is 5.75 Å². The molecule has 0 bridgehead atoms. The average molecular weight is 388 g/mol. The summed E-state index contributed by atoms with van der Waals surface area (Å²) in [5, 5.41) is 0.670. The van der Waals surface area contributed by atoms with Crippen LogP contribution < -0.4 is 9.46 Å². The van der Waals surface area contributed by atoms with Gasteiger partial charge in [-0.25, -0.2) is 13.1 Å². The van der Waals surface area contributed by atoms with Crippen molar-refractivity contribution in [1.29, 1.82) is 0 Å². The Morgan fingerprint density at radius 2 is 1.67 bits per heavy atom. The van der Waals surface area contributed by atoms with E-state index in [0.29, 0.717) is 22.2 Å². The van der Waals surface area contributed by atoms with Crippen LogP contribution in [0.15, 0.2) is 42.5 Å². The summed E-state index contributed by atoms with van der Waals surface area (Å²) < 4.78 is 32.8. The summed E-state index contributed by atoms with van der Waals surface area (Å²) in [6, 6.07) is 11.8. The van der Waals surface area contributed by atoms with Crippen LogP contribution in [0.5, 0.6) is 5.75 Å². The molecule has 24 heavy (non-hydrogen) atoms. The summed E-state index contributed by atoms with van der Waals surface area (Å²) in [4.78, 5) is 0. The molecule has 130 valence electrons. The van der Waals surface area contributed by atoms with Crippen LogP contribution in [-0.4, -0.2) is 15.0 Å². The van der Waals surface area contributed by atoms with E-state index in [0.717, 1.165) is 11.3 Å². The zero-order valence-corrected chi connectivity index (χ0v) is 15.8. The number of benzene rings is 2. The van der Waals surface area contributed by atoms with Gasteiger partial charge in [-0.3, -0.25) is 0 Å². The molecule has 0 saturated heterocycles. The van der Waals surface area contributed by atoms with Gasteiger partial charge in [0.25, 0.3) is 0 Å². The molecule has 0 saturated carbocycles. The first-order valence-corrected chi connectivity index (χ1v) is 9.89. The van der Waals surface area contributed by atoms with Crippen molar-refractivity contribution in [2.45, 2.75) is 25.6 Å². The average Bonchev–Trinajstić information content (AvgIpc) is 2.52. The van der Waals surface area contributed by atoms with Crippen LogP contribution in [0.4, 0.5) is 0 Å². The van der Waals surface area contributed by atoms with E-state index in [4.69, 9.17) is 27.9 Å². The normalized spacial score (nSPS) is 12.8. The molecule has 0 fully saturated rings. The van der Waals surface area contributed by atoms with Gasteiger partial charge in [-0.05, 0) is 43.7 Å². The highest BCUT2D eigenvalue weighted by Gasteiger charge is 2.19. The topological polar surface area (TPSA) is 55.4 Å². The Balaban J connectivity index is 2.10. The molecule has 2 rings (SSSR count). The second-order valence-electron chi connectivity index (χ2n) is 5.30. The quantitative estimate of drug-likeness (QED) is 0.756. The predicted molar refractivity (Wildman–Crippen MR) is 98.2 cm³/mol. The highest BCUT2D eigenvalue weighted by molar-refractivity contribution is 7.88. The van der Waals surface area contributed by atoms with Crippen molar-refractivity contribution in [1.82, 2.24) is 4.72 Å². The van der Waals surface area contributed by atoms with Crippen LogP contribution >= 0.6 is 23.2 Å². The Labute approximate surface area is 152 Å². The lowest BCUT2D eigenvalue weighted by Crippen LogP contribution is -2.28. The van der Waals surface area contributed by atoms with Crippen molar-refractivity contribution < 1.29 is 13.2 Å². The Morgan fingerprint density at radius 3 is 2.21 bits per heavy atom. The van der Waals surface area contributed by atoms with Gasteiger partial charge in [-0.2, -0.15) is 0 Å². The van der Waals surface area contributed by atoms with Crippen LogP contribution in [0.1, 0.15) is 31.0 Å². The van der Waals surface area contributed by atoms with Gasteiger partial charge in [0.05, 0.1) is 12.4 Å². The van der Waals surface area contributed by atoms with Gasteiger partial charge in [0, 0.05) is 21.7 Å². The first-order chi connectivity index (χ1) is 11.3. The van der Waals surface area contributed by atoms with Crippen LogP contribution in [-0.2, 0) is 15.8 Å². The molecule has 7 heteroatoms. The maximum absolute atomic E-state index is 12.4. The molecule has 0 aromatic heterocycles. The summed E-state index contributed by atoms with van der Waals surface area (Å²) >= 11 is 12.1. The number of rotatable bonds is 7. The smallest absolute Gasteiger partial charge is 0.216 e. The third-order valence-electron chi connectivity index (χ3n) is 3.44.